The maximum Gasteiger partial charge on any atom is 0.225 e. The quantitative estimate of drug-likeness (QED) is 0.722. The highest BCUT2D eigenvalue weighted by molar-refractivity contribution is 5.31. The van der Waals surface area contributed by atoms with Crippen molar-refractivity contribution in [2.75, 3.05) is 24.6 Å². The summed E-state index contributed by atoms with van der Waals surface area (Å²) in [6.45, 7) is 11.4. The van der Waals surface area contributed by atoms with Gasteiger partial charge < -0.3 is 15.3 Å². The maximum atomic E-state index is 8.95. The first-order chi connectivity index (χ1) is 9.54. The van der Waals surface area contributed by atoms with Gasteiger partial charge in [0.1, 0.15) is 0 Å². The second-order valence-corrected chi connectivity index (χ2v) is 5.78. The van der Waals surface area contributed by atoms with Crippen LogP contribution in [0.1, 0.15) is 39.7 Å². The third-order valence-corrected chi connectivity index (χ3v) is 3.01. The second kappa shape index (κ2) is 8.87. The highest BCUT2D eigenvalue weighted by Crippen LogP contribution is 2.11. The Labute approximate surface area is 122 Å². The van der Waals surface area contributed by atoms with Gasteiger partial charge in [-0.3, -0.25) is 0 Å². The van der Waals surface area contributed by atoms with Crippen molar-refractivity contribution in [1.82, 2.24) is 15.3 Å². The number of hydrogen-bond acceptors (Lipinski definition) is 5. The zero-order valence-corrected chi connectivity index (χ0v) is 13.1. The van der Waals surface area contributed by atoms with Gasteiger partial charge in [-0.2, -0.15) is 0 Å². The lowest BCUT2D eigenvalue weighted by Crippen LogP contribution is -2.33. The van der Waals surface area contributed by atoms with Crippen LogP contribution in [0.4, 0.5) is 5.95 Å². The summed E-state index contributed by atoms with van der Waals surface area (Å²) in [6, 6.07) is 0.325. The average Bonchev–Trinajstić information content (AvgIpc) is 2.40. The second-order valence-electron chi connectivity index (χ2n) is 5.78. The van der Waals surface area contributed by atoms with Gasteiger partial charge in [0, 0.05) is 43.7 Å². The summed E-state index contributed by atoms with van der Waals surface area (Å²) in [4.78, 5) is 11.0. The van der Waals surface area contributed by atoms with Crippen molar-refractivity contribution in [2.45, 2.75) is 46.7 Å². The normalized spacial score (nSPS) is 11.3. The summed E-state index contributed by atoms with van der Waals surface area (Å²) in [7, 11) is 0. The van der Waals surface area contributed by atoms with Crippen LogP contribution in [0.2, 0.25) is 0 Å². The topological polar surface area (TPSA) is 61.3 Å². The molecule has 0 saturated carbocycles. The summed E-state index contributed by atoms with van der Waals surface area (Å²) in [6.07, 6.45) is 4.49. The fourth-order valence-electron chi connectivity index (χ4n) is 1.92. The van der Waals surface area contributed by atoms with Crippen molar-refractivity contribution in [2.24, 2.45) is 5.92 Å². The van der Waals surface area contributed by atoms with Crippen molar-refractivity contribution < 1.29 is 5.11 Å². The van der Waals surface area contributed by atoms with E-state index in [2.05, 4.69) is 47.9 Å². The highest BCUT2D eigenvalue weighted by Gasteiger charge is 2.12. The van der Waals surface area contributed by atoms with Gasteiger partial charge in [0.05, 0.1) is 0 Å². The molecule has 0 aliphatic carbocycles. The first-order valence-electron chi connectivity index (χ1n) is 7.43. The van der Waals surface area contributed by atoms with Crippen LogP contribution in [0.3, 0.4) is 0 Å². The van der Waals surface area contributed by atoms with Crippen LogP contribution >= 0.6 is 0 Å². The van der Waals surface area contributed by atoms with E-state index in [0.717, 1.165) is 37.6 Å². The number of anilines is 1. The van der Waals surface area contributed by atoms with Gasteiger partial charge in [0.15, 0.2) is 0 Å². The van der Waals surface area contributed by atoms with Crippen molar-refractivity contribution in [1.29, 1.82) is 0 Å². The smallest absolute Gasteiger partial charge is 0.225 e. The first kappa shape index (κ1) is 16.9. The van der Waals surface area contributed by atoms with Crippen molar-refractivity contribution >= 4 is 5.95 Å². The molecule has 0 unspecified atom stereocenters. The molecule has 2 N–H and O–H groups in total. The molecule has 0 radical (unpaired) electrons. The molecule has 1 aromatic heterocycles. The molecule has 0 aromatic carbocycles. The third kappa shape index (κ3) is 5.84. The van der Waals surface area contributed by atoms with E-state index < -0.39 is 0 Å². The Morgan fingerprint density at radius 3 is 2.35 bits per heavy atom. The summed E-state index contributed by atoms with van der Waals surface area (Å²) in [5.41, 5.74) is 1.10. The lowest BCUT2D eigenvalue weighted by molar-refractivity contribution is 0.288. The maximum absolute atomic E-state index is 8.95. The first-order valence-corrected chi connectivity index (χ1v) is 7.43. The minimum absolute atomic E-state index is 0.195. The number of hydrogen-bond donors (Lipinski definition) is 2. The SMILES string of the molecule is CC(C)CNCc1cnc(N(CCCO)C(C)C)nc1. The molecule has 0 bridgehead atoms. The third-order valence-electron chi connectivity index (χ3n) is 3.01. The van der Waals surface area contributed by atoms with Crippen LogP contribution in [0.5, 0.6) is 0 Å². The number of rotatable bonds is 9. The number of aliphatic hydroxyl groups excluding tert-OH is 1. The van der Waals surface area contributed by atoms with Crippen LogP contribution in [-0.2, 0) is 6.54 Å². The monoisotopic (exact) mass is 280 g/mol. The largest absolute Gasteiger partial charge is 0.396 e. The predicted molar refractivity (Wildman–Crippen MR) is 82.8 cm³/mol. The van der Waals surface area contributed by atoms with Crippen LogP contribution in [0.15, 0.2) is 12.4 Å². The van der Waals surface area contributed by atoms with E-state index >= 15 is 0 Å². The molecule has 0 aliphatic heterocycles. The molecular formula is C15H28N4O. The van der Waals surface area contributed by atoms with E-state index in [-0.39, 0.29) is 6.61 Å². The van der Waals surface area contributed by atoms with E-state index in [1.54, 1.807) is 0 Å². The fraction of sp³-hybridized carbons (Fsp3) is 0.733. The summed E-state index contributed by atoms with van der Waals surface area (Å²) >= 11 is 0. The molecular weight excluding hydrogens is 252 g/mol. The van der Waals surface area contributed by atoms with Crippen LogP contribution in [-0.4, -0.2) is 40.8 Å². The Morgan fingerprint density at radius 1 is 1.20 bits per heavy atom. The molecule has 1 heterocycles. The Morgan fingerprint density at radius 2 is 1.85 bits per heavy atom. The molecule has 0 aliphatic rings. The summed E-state index contributed by atoms with van der Waals surface area (Å²) in [5, 5.41) is 12.3. The Balaban J connectivity index is 2.58. The van der Waals surface area contributed by atoms with Gasteiger partial charge in [-0.1, -0.05) is 13.8 Å². The van der Waals surface area contributed by atoms with Gasteiger partial charge in [-0.05, 0) is 32.7 Å². The summed E-state index contributed by atoms with van der Waals surface area (Å²) in [5.74, 6) is 1.38. The lowest BCUT2D eigenvalue weighted by atomic mass is 10.2. The zero-order valence-electron chi connectivity index (χ0n) is 13.1. The van der Waals surface area contributed by atoms with Crippen LogP contribution < -0.4 is 10.2 Å². The highest BCUT2D eigenvalue weighted by atomic mass is 16.3. The molecule has 1 rings (SSSR count). The van der Waals surface area contributed by atoms with Gasteiger partial charge >= 0.3 is 0 Å². The fourth-order valence-corrected chi connectivity index (χ4v) is 1.92. The number of aromatic nitrogens is 2. The Hall–Kier alpha value is -1.20. The number of nitrogens with zero attached hydrogens (tertiary/aromatic N) is 3. The van der Waals surface area contributed by atoms with E-state index in [1.165, 1.54) is 0 Å². The average molecular weight is 280 g/mol. The van der Waals surface area contributed by atoms with E-state index in [1.807, 2.05) is 12.4 Å². The number of aliphatic hydroxyl groups is 1. The molecule has 0 amide bonds. The Bertz CT molecular complexity index is 365. The molecule has 5 heteroatoms. The van der Waals surface area contributed by atoms with Gasteiger partial charge in [0.2, 0.25) is 5.95 Å². The lowest BCUT2D eigenvalue weighted by Gasteiger charge is -2.26. The minimum Gasteiger partial charge on any atom is -0.396 e. The van der Waals surface area contributed by atoms with E-state index in [0.29, 0.717) is 12.0 Å². The number of nitrogens with one attached hydrogen (secondary N) is 1. The zero-order chi connectivity index (χ0) is 15.0. The van der Waals surface area contributed by atoms with Crippen molar-refractivity contribution in [3.8, 4) is 0 Å². The van der Waals surface area contributed by atoms with Gasteiger partial charge in [0.25, 0.3) is 0 Å². The molecule has 114 valence electrons. The van der Waals surface area contributed by atoms with Crippen molar-refractivity contribution in [3.63, 3.8) is 0 Å². The van der Waals surface area contributed by atoms with E-state index in [4.69, 9.17) is 5.11 Å². The minimum atomic E-state index is 0.195. The standard InChI is InChI=1S/C15H28N4O/c1-12(2)8-16-9-14-10-17-15(18-11-14)19(13(3)4)6-5-7-20/h10-13,16,20H,5-9H2,1-4H3. The molecule has 0 spiro atoms. The summed E-state index contributed by atoms with van der Waals surface area (Å²) < 4.78 is 0. The van der Waals surface area contributed by atoms with Gasteiger partial charge in [-0.15, -0.1) is 0 Å². The molecule has 0 atom stereocenters. The van der Waals surface area contributed by atoms with E-state index in [9.17, 15) is 0 Å². The molecule has 0 saturated heterocycles. The molecule has 5 nitrogen and oxygen atoms in total. The predicted octanol–water partition coefficient (Wildman–Crippen LogP) is 1.82. The molecule has 20 heavy (non-hydrogen) atoms. The van der Waals surface area contributed by atoms with Crippen molar-refractivity contribution in [3.05, 3.63) is 18.0 Å². The van der Waals surface area contributed by atoms with Crippen LogP contribution in [0, 0.1) is 5.92 Å². The molecule has 1 aromatic rings. The Kier molecular flexibility index (Phi) is 7.47. The molecule has 0 fully saturated rings. The van der Waals surface area contributed by atoms with Crippen LogP contribution in [0.25, 0.3) is 0 Å². The van der Waals surface area contributed by atoms with Gasteiger partial charge in [-0.25, -0.2) is 9.97 Å².